The number of hydrogen-bond donors (Lipinski definition) is 1. The lowest BCUT2D eigenvalue weighted by Gasteiger charge is -2.10. The minimum atomic E-state index is -1.07. The fourth-order valence-corrected chi connectivity index (χ4v) is 2.36. The first-order valence-electron chi connectivity index (χ1n) is 6.86. The fourth-order valence-electron chi connectivity index (χ4n) is 2.36. The van der Waals surface area contributed by atoms with Crippen LogP contribution < -0.4 is 4.74 Å². The Bertz CT molecular complexity index is 608. The molecular weight excluding hydrogens is 272 g/mol. The van der Waals surface area contributed by atoms with Crippen molar-refractivity contribution in [3.05, 3.63) is 42.4 Å². The summed E-state index contributed by atoms with van der Waals surface area (Å²) in [5, 5.41) is 9.05. The molecule has 1 N–H and O–H groups in total. The molecule has 0 radical (unpaired) electrons. The zero-order valence-corrected chi connectivity index (χ0v) is 11.5. The Balaban J connectivity index is 1.68. The van der Waals surface area contributed by atoms with E-state index in [0.717, 1.165) is 30.9 Å². The molecule has 0 bridgehead atoms. The van der Waals surface area contributed by atoms with E-state index in [2.05, 4.69) is 0 Å². The second-order valence-electron chi connectivity index (χ2n) is 5.03. The van der Waals surface area contributed by atoms with Crippen molar-refractivity contribution in [1.29, 1.82) is 0 Å². The molecule has 1 aliphatic rings. The van der Waals surface area contributed by atoms with E-state index in [1.807, 2.05) is 24.3 Å². The SMILES string of the molecule is O=C(O)c1occc1-c1ccc(OCC2CCOC2)cc1. The highest BCUT2D eigenvalue weighted by molar-refractivity contribution is 5.93. The van der Waals surface area contributed by atoms with Crippen molar-refractivity contribution in [2.75, 3.05) is 19.8 Å². The summed E-state index contributed by atoms with van der Waals surface area (Å²) in [5.74, 6) is 0.103. The van der Waals surface area contributed by atoms with Crippen LogP contribution >= 0.6 is 0 Å². The maximum atomic E-state index is 11.0. The molecule has 0 aliphatic carbocycles. The second-order valence-corrected chi connectivity index (χ2v) is 5.03. The third-order valence-electron chi connectivity index (χ3n) is 3.53. The molecule has 0 amide bonds. The summed E-state index contributed by atoms with van der Waals surface area (Å²) in [7, 11) is 0. The van der Waals surface area contributed by atoms with E-state index in [9.17, 15) is 4.79 Å². The van der Waals surface area contributed by atoms with Crippen LogP contribution in [0.2, 0.25) is 0 Å². The number of carboxylic acid groups (broad SMARTS) is 1. The first kappa shape index (κ1) is 13.7. The summed E-state index contributed by atoms with van der Waals surface area (Å²) in [6.07, 6.45) is 2.42. The molecule has 0 spiro atoms. The topological polar surface area (TPSA) is 68.9 Å². The van der Waals surface area contributed by atoms with Crippen molar-refractivity contribution >= 4 is 5.97 Å². The number of rotatable bonds is 5. The van der Waals surface area contributed by atoms with Crippen molar-refractivity contribution in [1.82, 2.24) is 0 Å². The molecule has 5 heteroatoms. The van der Waals surface area contributed by atoms with Crippen LogP contribution in [-0.4, -0.2) is 30.9 Å². The lowest BCUT2D eigenvalue weighted by Crippen LogP contribution is -2.11. The number of carbonyl (C=O) groups is 1. The zero-order chi connectivity index (χ0) is 14.7. The molecule has 110 valence electrons. The largest absolute Gasteiger partial charge is 0.493 e. The molecule has 1 fully saturated rings. The van der Waals surface area contributed by atoms with Gasteiger partial charge in [-0.05, 0) is 30.2 Å². The summed E-state index contributed by atoms with van der Waals surface area (Å²) in [6.45, 7) is 2.21. The van der Waals surface area contributed by atoms with Gasteiger partial charge in [-0.2, -0.15) is 0 Å². The van der Waals surface area contributed by atoms with Gasteiger partial charge >= 0.3 is 5.97 Å². The van der Waals surface area contributed by atoms with Gasteiger partial charge in [0.2, 0.25) is 5.76 Å². The first-order chi connectivity index (χ1) is 10.2. The van der Waals surface area contributed by atoms with Gasteiger partial charge in [0.15, 0.2) is 0 Å². The van der Waals surface area contributed by atoms with Crippen molar-refractivity contribution < 1.29 is 23.8 Å². The average molecular weight is 288 g/mol. The molecule has 1 atom stereocenters. The van der Waals surface area contributed by atoms with Crippen molar-refractivity contribution in [2.45, 2.75) is 6.42 Å². The van der Waals surface area contributed by atoms with E-state index < -0.39 is 5.97 Å². The summed E-state index contributed by atoms with van der Waals surface area (Å²) < 4.78 is 16.0. The number of hydrogen-bond acceptors (Lipinski definition) is 4. The van der Waals surface area contributed by atoms with Crippen LogP contribution in [0.25, 0.3) is 11.1 Å². The number of aromatic carboxylic acids is 1. The van der Waals surface area contributed by atoms with Crippen LogP contribution in [0.1, 0.15) is 17.0 Å². The summed E-state index contributed by atoms with van der Waals surface area (Å²) in [4.78, 5) is 11.0. The number of benzene rings is 1. The maximum absolute atomic E-state index is 11.0. The van der Waals surface area contributed by atoms with Crippen LogP contribution in [0.5, 0.6) is 5.75 Å². The summed E-state index contributed by atoms with van der Waals surface area (Å²) in [6, 6.07) is 8.98. The molecule has 1 aromatic carbocycles. The van der Waals surface area contributed by atoms with Gasteiger partial charge in [0, 0.05) is 18.1 Å². The van der Waals surface area contributed by atoms with E-state index in [0.29, 0.717) is 18.1 Å². The predicted octanol–water partition coefficient (Wildman–Crippen LogP) is 3.06. The van der Waals surface area contributed by atoms with Crippen LogP contribution in [0.3, 0.4) is 0 Å². The van der Waals surface area contributed by atoms with E-state index >= 15 is 0 Å². The molecule has 0 saturated carbocycles. The molecule has 5 nitrogen and oxygen atoms in total. The van der Waals surface area contributed by atoms with Gasteiger partial charge in [-0.25, -0.2) is 4.79 Å². The van der Waals surface area contributed by atoms with Gasteiger partial charge in [-0.3, -0.25) is 0 Å². The van der Waals surface area contributed by atoms with Crippen molar-refractivity contribution in [3.8, 4) is 16.9 Å². The van der Waals surface area contributed by atoms with Gasteiger partial charge in [-0.15, -0.1) is 0 Å². The molecular formula is C16H16O5. The summed E-state index contributed by atoms with van der Waals surface area (Å²) >= 11 is 0. The number of ether oxygens (including phenoxy) is 2. The summed E-state index contributed by atoms with van der Waals surface area (Å²) in [5.41, 5.74) is 1.36. The molecule has 3 rings (SSSR count). The van der Waals surface area contributed by atoms with E-state index in [1.165, 1.54) is 6.26 Å². The van der Waals surface area contributed by atoms with Crippen LogP contribution in [0.4, 0.5) is 0 Å². The number of furan rings is 1. The van der Waals surface area contributed by atoms with Crippen LogP contribution in [-0.2, 0) is 4.74 Å². The average Bonchev–Trinajstić information content (AvgIpc) is 3.17. The highest BCUT2D eigenvalue weighted by atomic mass is 16.5. The van der Waals surface area contributed by atoms with Crippen molar-refractivity contribution in [2.24, 2.45) is 5.92 Å². The van der Waals surface area contributed by atoms with E-state index in [-0.39, 0.29) is 5.76 Å². The number of carboxylic acids is 1. The van der Waals surface area contributed by atoms with Gasteiger partial charge in [0.25, 0.3) is 0 Å². The first-order valence-corrected chi connectivity index (χ1v) is 6.86. The Labute approximate surface area is 122 Å². The quantitative estimate of drug-likeness (QED) is 0.915. The molecule has 1 saturated heterocycles. The molecule has 21 heavy (non-hydrogen) atoms. The van der Waals surface area contributed by atoms with Gasteiger partial charge < -0.3 is 19.0 Å². The van der Waals surface area contributed by atoms with Gasteiger partial charge in [0.05, 0.1) is 19.5 Å². The molecule has 1 aromatic heterocycles. The van der Waals surface area contributed by atoms with Gasteiger partial charge in [-0.1, -0.05) is 12.1 Å². The lowest BCUT2D eigenvalue weighted by molar-refractivity contribution is 0.0663. The smallest absolute Gasteiger partial charge is 0.372 e. The Kier molecular flexibility index (Phi) is 3.92. The zero-order valence-electron chi connectivity index (χ0n) is 11.5. The second kappa shape index (κ2) is 6.01. The Morgan fingerprint density at radius 1 is 1.29 bits per heavy atom. The third kappa shape index (κ3) is 3.08. The molecule has 1 aliphatic heterocycles. The monoisotopic (exact) mass is 288 g/mol. The minimum Gasteiger partial charge on any atom is -0.493 e. The Hall–Kier alpha value is -2.27. The van der Waals surface area contributed by atoms with E-state index in [1.54, 1.807) is 6.07 Å². The van der Waals surface area contributed by atoms with E-state index in [4.69, 9.17) is 19.0 Å². The maximum Gasteiger partial charge on any atom is 0.372 e. The third-order valence-corrected chi connectivity index (χ3v) is 3.53. The van der Waals surface area contributed by atoms with Crippen molar-refractivity contribution in [3.63, 3.8) is 0 Å². The van der Waals surface area contributed by atoms with Crippen LogP contribution in [0.15, 0.2) is 41.0 Å². The normalized spacial score (nSPS) is 17.8. The molecule has 2 heterocycles. The highest BCUT2D eigenvalue weighted by Crippen LogP contribution is 2.27. The molecule has 1 unspecified atom stereocenters. The highest BCUT2D eigenvalue weighted by Gasteiger charge is 2.17. The van der Waals surface area contributed by atoms with Gasteiger partial charge in [0.1, 0.15) is 5.75 Å². The fraction of sp³-hybridized carbons (Fsp3) is 0.312. The Morgan fingerprint density at radius 2 is 2.10 bits per heavy atom. The standard InChI is InChI=1S/C16H16O5/c17-16(18)15-14(6-8-20-15)12-1-3-13(4-2-12)21-10-11-5-7-19-9-11/h1-4,6,8,11H,5,7,9-10H2,(H,17,18). The van der Waals surface area contributed by atoms with Crippen LogP contribution in [0, 0.1) is 5.92 Å². The molecule has 2 aromatic rings. The minimum absolute atomic E-state index is 0.0493. The predicted molar refractivity (Wildman–Crippen MR) is 75.5 cm³/mol. The lowest BCUT2D eigenvalue weighted by atomic mass is 10.1. The Morgan fingerprint density at radius 3 is 2.76 bits per heavy atom.